The molecular formula is C8H12N4S. The molecule has 2 heterocycles. The Morgan fingerprint density at radius 3 is 3.08 bits per heavy atom. The van der Waals surface area contributed by atoms with E-state index in [1.165, 1.54) is 11.3 Å². The second-order valence-corrected chi connectivity index (χ2v) is 3.47. The van der Waals surface area contributed by atoms with Crippen molar-refractivity contribution in [1.29, 1.82) is 0 Å². The summed E-state index contributed by atoms with van der Waals surface area (Å²) in [6.45, 7) is 2.36. The molecule has 0 atom stereocenters. The molecule has 1 aromatic heterocycles. The second-order valence-electron chi connectivity index (χ2n) is 3.09. The Kier molecular flexibility index (Phi) is 2.39. The molecule has 2 rings (SSSR count). The van der Waals surface area contributed by atoms with E-state index in [0.29, 0.717) is 11.3 Å². The first-order chi connectivity index (χ1) is 6.31. The summed E-state index contributed by atoms with van der Waals surface area (Å²) < 4.78 is 0.561. The number of rotatable bonds is 2. The number of nitrogens with two attached hydrogens (primary N) is 1. The van der Waals surface area contributed by atoms with E-state index in [1.54, 1.807) is 0 Å². The van der Waals surface area contributed by atoms with Crippen molar-refractivity contribution in [2.45, 2.75) is 19.5 Å². The van der Waals surface area contributed by atoms with Gasteiger partial charge < -0.3 is 16.0 Å². The monoisotopic (exact) mass is 196 g/mol. The number of hydrogen-bond acceptors (Lipinski definition) is 4. The maximum atomic E-state index is 5.50. The topological polar surface area (TPSA) is 66.7 Å². The summed E-state index contributed by atoms with van der Waals surface area (Å²) in [4.78, 5) is 7.36. The van der Waals surface area contributed by atoms with Crippen molar-refractivity contribution in [3.63, 3.8) is 0 Å². The Morgan fingerprint density at radius 2 is 2.31 bits per heavy atom. The lowest BCUT2D eigenvalue weighted by molar-refractivity contribution is 0.754. The molecule has 13 heavy (non-hydrogen) atoms. The molecule has 0 saturated heterocycles. The highest BCUT2D eigenvalue weighted by Crippen LogP contribution is 2.15. The summed E-state index contributed by atoms with van der Waals surface area (Å²) in [5.41, 5.74) is 8.97. The molecule has 5 heteroatoms. The molecule has 1 aliphatic heterocycles. The van der Waals surface area contributed by atoms with Gasteiger partial charge in [-0.3, -0.25) is 0 Å². The Hall–Kier alpha value is -0.780. The van der Waals surface area contributed by atoms with Crippen molar-refractivity contribution in [2.24, 2.45) is 5.73 Å². The highest BCUT2D eigenvalue weighted by molar-refractivity contribution is 7.71. The van der Waals surface area contributed by atoms with Crippen LogP contribution in [0.5, 0.6) is 0 Å². The van der Waals surface area contributed by atoms with E-state index in [-0.39, 0.29) is 0 Å². The third-order valence-corrected chi connectivity index (χ3v) is 2.38. The maximum Gasteiger partial charge on any atom is 0.197 e. The summed E-state index contributed by atoms with van der Waals surface area (Å²) in [6, 6.07) is 0. The van der Waals surface area contributed by atoms with Gasteiger partial charge in [-0.25, -0.2) is 4.98 Å². The van der Waals surface area contributed by atoms with Crippen LogP contribution in [0, 0.1) is 4.77 Å². The van der Waals surface area contributed by atoms with Gasteiger partial charge in [0.2, 0.25) is 0 Å². The minimum Gasteiger partial charge on any atom is -0.333 e. The molecular weight excluding hydrogens is 184 g/mol. The van der Waals surface area contributed by atoms with Crippen molar-refractivity contribution in [2.75, 3.05) is 6.54 Å². The summed E-state index contributed by atoms with van der Waals surface area (Å²) >= 11 is 5.02. The largest absolute Gasteiger partial charge is 0.333 e. The Morgan fingerprint density at radius 1 is 1.46 bits per heavy atom. The van der Waals surface area contributed by atoms with Crippen LogP contribution in [-0.4, -0.2) is 16.5 Å². The first kappa shape index (κ1) is 8.80. The fourth-order valence-electron chi connectivity index (χ4n) is 1.61. The molecule has 0 aliphatic carbocycles. The fraction of sp³-hybridized carbons (Fsp3) is 0.500. The molecule has 0 fully saturated rings. The summed E-state index contributed by atoms with van der Waals surface area (Å²) in [5.74, 6) is 0. The van der Waals surface area contributed by atoms with Crippen LogP contribution in [0.1, 0.15) is 17.0 Å². The van der Waals surface area contributed by atoms with Crippen LogP contribution in [-0.2, 0) is 19.5 Å². The Bertz CT molecular complexity index is 371. The van der Waals surface area contributed by atoms with Crippen LogP contribution in [0.4, 0.5) is 0 Å². The third-order valence-electron chi connectivity index (χ3n) is 2.19. The number of aromatic amines is 1. The van der Waals surface area contributed by atoms with Crippen molar-refractivity contribution >= 4 is 12.2 Å². The van der Waals surface area contributed by atoms with E-state index in [9.17, 15) is 0 Å². The maximum absolute atomic E-state index is 5.50. The molecule has 1 aromatic rings. The van der Waals surface area contributed by atoms with Gasteiger partial charge in [0.15, 0.2) is 4.77 Å². The third kappa shape index (κ3) is 1.63. The zero-order chi connectivity index (χ0) is 9.26. The van der Waals surface area contributed by atoms with E-state index in [4.69, 9.17) is 18.0 Å². The Labute approximate surface area is 81.6 Å². The smallest absolute Gasteiger partial charge is 0.197 e. The minimum atomic E-state index is 0.561. The van der Waals surface area contributed by atoms with Crippen molar-refractivity contribution in [3.8, 4) is 0 Å². The first-order valence-corrected chi connectivity index (χ1v) is 4.74. The Balaban J connectivity index is 2.49. The number of fused-ring (bicyclic) bond motifs is 1. The van der Waals surface area contributed by atoms with Gasteiger partial charge in [0.05, 0.1) is 5.69 Å². The summed E-state index contributed by atoms with van der Waals surface area (Å²) in [5, 5.41) is 3.26. The summed E-state index contributed by atoms with van der Waals surface area (Å²) in [7, 11) is 0. The van der Waals surface area contributed by atoms with Crippen molar-refractivity contribution in [3.05, 3.63) is 21.7 Å². The lowest BCUT2D eigenvalue weighted by Gasteiger charge is -2.04. The number of nitrogens with zero attached hydrogens (tertiary/aromatic N) is 1. The molecule has 0 aromatic carbocycles. The highest BCUT2D eigenvalue weighted by atomic mass is 32.1. The zero-order valence-electron chi connectivity index (χ0n) is 7.26. The van der Waals surface area contributed by atoms with Gasteiger partial charge in [-0.05, 0) is 18.8 Å². The van der Waals surface area contributed by atoms with Gasteiger partial charge in [-0.1, -0.05) is 0 Å². The van der Waals surface area contributed by atoms with Gasteiger partial charge in [-0.2, -0.15) is 0 Å². The van der Waals surface area contributed by atoms with Crippen LogP contribution < -0.4 is 11.1 Å². The van der Waals surface area contributed by atoms with E-state index >= 15 is 0 Å². The normalized spacial score (nSPS) is 14.5. The molecule has 4 nitrogen and oxygen atoms in total. The average molecular weight is 196 g/mol. The van der Waals surface area contributed by atoms with Gasteiger partial charge in [-0.15, -0.1) is 0 Å². The number of hydrogen-bond donors (Lipinski definition) is 3. The van der Waals surface area contributed by atoms with Crippen LogP contribution in [0.2, 0.25) is 0 Å². The first-order valence-electron chi connectivity index (χ1n) is 4.33. The minimum absolute atomic E-state index is 0.561. The number of nitrogens with one attached hydrogen (secondary N) is 2. The predicted octanol–water partition coefficient (Wildman–Crippen LogP) is 0.244. The van der Waals surface area contributed by atoms with Crippen LogP contribution in [0.3, 0.4) is 0 Å². The molecule has 0 saturated carbocycles. The molecule has 0 radical (unpaired) electrons. The lowest BCUT2D eigenvalue weighted by Crippen LogP contribution is -2.09. The molecule has 70 valence electrons. The summed E-state index contributed by atoms with van der Waals surface area (Å²) in [6.07, 6.45) is 0.808. The van der Waals surface area contributed by atoms with Crippen LogP contribution in [0.15, 0.2) is 0 Å². The average Bonchev–Trinajstić information content (AvgIpc) is 2.52. The SMILES string of the molecule is NCCc1nc(=S)[nH]c2c1CNC2. The highest BCUT2D eigenvalue weighted by Gasteiger charge is 2.15. The molecule has 0 amide bonds. The number of aromatic nitrogens is 2. The molecule has 0 unspecified atom stereocenters. The number of H-pyrrole nitrogens is 1. The van der Waals surface area contributed by atoms with E-state index in [0.717, 1.165) is 25.2 Å². The van der Waals surface area contributed by atoms with Crippen LogP contribution >= 0.6 is 12.2 Å². The second kappa shape index (κ2) is 3.53. The van der Waals surface area contributed by atoms with E-state index in [2.05, 4.69) is 15.3 Å². The fourth-order valence-corrected chi connectivity index (χ4v) is 1.85. The van der Waals surface area contributed by atoms with Crippen molar-refractivity contribution < 1.29 is 0 Å². The zero-order valence-corrected chi connectivity index (χ0v) is 8.08. The van der Waals surface area contributed by atoms with Gasteiger partial charge in [0, 0.05) is 30.8 Å². The van der Waals surface area contributed by atoms with Crippen molar-refractivity contribution in [1.82, 2.24) is 15.3 Å². The lowest BCUT2D eigenvalue weighted by atomic mass is 10.1. The molecule has 0 spiro atoms. The molecule has 0 bridgehead atoms. The van der Waals surface area contributed by atoms with Crippen LogP contribution in [0.25, 0.3) is 0 Å². The predicted molar refractivity (Wildman–Crippen MR) is 52.7 cm³/mol. The quantitative estimate of drug-likeness (QED) is 0.593. The van der Waals surface area contributed by atoms with Gasteiger partial charge in [0.1, 0.15) is 0 Å². The molecule has 1 aliphatic rings. The van der Waals surface area contributed by atoms with Gasteiger partial charge in [0.25, 0.3) is 0 Å². The van der Waals surface area contributed by atoms with Gasteiger partial charge >= 0.3 is 0 Å². The molecule has 4 N–H and O–H groups in total. The van der Waals surface area contributed by atoms with E-state index < -0.39 is 0 Å². The van der Waals surface area contributed by atoms with E-state index in [1.807, 2.05) is 0 Å². The standard InChI is InChI=1S/C8H12N4S/c9-2-1-6-5-3-10-4-7(5)12-8(13)11-6/h10H,1-4,9H2,(H,11,12,13).